The van der Waals surface area contributed by atoms with Crippen molar-refractivity contribution in [1.82, 2.24) is 9.88 Å². The number of oxazole rings is 1. The van der Waals surface area contributed by atoms with Crippen LogP contribution in [0.2, 0.25) is 0 Å². The van der Waals surface area contributed by atoms with E-state index < -0.39 is 0 Å². The molecular formula is C27H32N2O4S. The monoisotopic (exact) mass is 480 g/mol. The summed E-state index contributed by atoms with van der Waals surface area (Å²) in [6.45, 7) is 8.40. The Morgan fingerprint density at radius 1 is 1.15 bits per heavy atom. The summed E-state index contributed by atoms with van der Waals surface area (Å²) in [4.78, 5) is 19.2. The number of hydrogen-bond donors (Lipinski definition) is 0. The number of benzene rings is 2. The third-order valence-corrected chi connectivity index (χ3v) is 6.93. The summed E-state index contributed by atoms with van der Waals surface area (Å²) in [5, 5.41) is 0. The lowest BCUT2D eigenvalue weighted by Gasteiger charge is -2.33. The number of aromatic nitrogens is 1. The lowest BCUT2D eigenvalue weighted by atomic mass is 10.1. The molecule has 1 saturated heterocycles. The first-order valence-electron chi connectivity index (χ1n) is 11.8. The van der Waals surface area contributed by atoms with Gasteiger partial charge in [-0.15, -0.1) is 0 Å². The first kappa shape index (κ1) is 24.4. The highest BCUT2D eigenvalue weighted by Crippen LogP contribution is 2.24. The van der Waals surface area contributed by atoms with Crippen molar-refractivity contribution < 1.29 is 18.7 Å². The zero-order valence-electron chi connectivity index (χ0n) is 20.1. The highest BCUT2D eigenvalue weighted by Gasteiger charge is 2.30. The fourth-order valence-corrected chi connectivity index (χ4v) is 5.05. The summed E-state index contributed by atoms with van der Waals surface area (Å²) in [5.41, 5.74) is 4.26. The molecule has 1 aromatic heterocycles. The molecule has 1 unspecified atom stereocenters. The predicted molar refractivity (Wildman–Crippen MR) is 135 cm³/mol. The fourth-order valence-electron chi connectivity index (χ4n) is 3.95. The number of rotatable bonds is 9. The van der Waals surface area contributed by atoms with Crippen LogP contribution < -0.4 is 4.74 Å². The summed E-state index contributed by atoms with van der Waals surface area (Å²) >= 11 is 1.81. The minimum absolute atomic E-state index is 0.122. The highest BCUT2D eigenvalue weighted by atomic mass is 32.2. The van der Waals surface area contributed by atoms with Gasteiger partial charge in [0.1, 0.15) is 17.6 Å². The van der Waals surface area contributed by atoms with E-state index in [1.807, 2.05) is 49.9 Å². The van der Waals surface area contributed by atoms with Gasteiger partial charge in [-0.05, 0) is 50.6 Å². The Morgan fingerprint density at radius 2 is 1.91 bits per heavy atom. The molecule has 0 spiro atoms. The van der Waals surface area contributed by atoms with Crippen LogP contribution in [0.3, 0.4) is 0 Å². The van der Waals surface area contributed by atoms with E-state index in [2.05, 4.69) is 41.1 Å². The Kier molecular flexibility index (Phi) is 8.29. The minimum Gasteiger partial charge on any atom is -0.493 e. The van der Waals surface area contributed by atoms with Gasteiger partial charge in [0, 0.05) is 36.6 Å². The Labute approximate surface area is 205 Å². The van der Waals surface area contributed by atoms with Gasteiger partial charge in [0.05, 0.1) is 18.9 Å². The van der Waals surface area contributed by atoms with Gasteiger partial charge in [0.25, 0.3) is 0 Å². The van der Waals surface area contributed by atoms with E-state index in [9.17, 15) is 4.79 Å². The van der Waals surface area contributed by atoms with Crippen molar-refractivity contribution in [3.63, 3.8) is 0 Å². The van der Waals surface area contributed by atoms with Gasteiger partial charge >= 0.3 is 5.97 Å². The lowest BCUT2D eigenvalue weighted by molar-refractivity contribution is -0.148. The normalized spacial score (nSPS) is 16.4. The highest BCUT2D eigenvalue weighted by molar-refractivity contribution is 7.99. The molecule has 7 heteroatoms. The molecule has 2 heterocycles. The van der Waals surface area contributed by atoms with E-state index in [0.717, 1.165) is 52.9 Å². The molecule has 4 rings (SSSR count). The molecular weight excluding hydrogens is 448 g/mol. The van der Waals surface area contributed by atoms with Crippen LogP contribution in [0.25, 0.3) is 11.5 Å². The van der Waals surface area contributed by atoms with Crippen molar-refractivity contribution in [2.75, 3.05) is 31.3 Å². The molecule has 0 N–H and O–H groups in total. The first-order chi connectivity index (χ1) is 16.5. The van der Waals surface area contributed by atoms with Crippen LogP contribution >= 0.6 is 11.8 Å². The molecule has 2 aromatic carbocycles. The molecule has 34 heavy (non-hydrogen) atoms. The van der Waals surface area contributed by atoms with E-state index in [0.29, 0.717) is 25.5 Å². The van der Waals surface area contributed by atoms with Gasteiger partial charge in [-0.2, -0.15) is 11.8 Å². The second-order valence-corrected chi connectivity index (χ2v) is 9.59. The van der Waals surface area contributed by atoms with Gasteiger partial charge in [0.2, 0.25) is 5.89 Å². The number of carbonyl (C=O) groups excluding carboxylic acids is 1. The fraction of sp³-hybridized carbons (Fsp3) is 0.407. The molecule has 0 bridgehead atoms. The van der Waals surface area contributed by atoms with Crippen LogP contribution in [0.4, 0.5) is 0 Å². The molecule has 6 nitrogen and oxygen atoms in total. The number of thioether (sulfide) groups is 1. The molecule has 0 aliphatic carbocycles. The lowest BCUT2D eigenvalue weighted by Crippen LogP contribution is -2.47. The van der Waals surface area contributed by atoms with Crippen molar-refractivity contribution >= 4 is 17.7 Å². The van der Waals surface area contributed by atoms with Crippen molar-refractivity contribution in [2.24, 2.45) is 0 Å². The van der Waals surface area contributed by atoms with Crippen LogP contribution in [0.5, 0.6) is 5.75 Å². The van der Waals surface area contributed by atoms with Crippen LogP contribution in [0.15, 0.2) is 52.9 Å². The average molecular weight is 481 g/mol. The average Bonchev–Trinajstić information content (AvgIpc) is 3.21. The Morgan fingerprint density at radius 3 is 2.65 bits per heavy atom. The molecule has 1 aliphatic heterocycles. The van der Waals surface area contributed by atoms with E-state index in [4.69, 9.17) is 13.9 Å². The number of ether oxygens (including phenoxy) is 2. The second-order valence-electron chi connectivity index (χ2n) is 8.44. The van der Waals surface area contributed by atoms with E-state index in [1.165, 1.54) is 5.56 Å². The van der Waals surface area contributed by atoms with E-state index in [1.54, 1.807) is 0 Å². The van der Waals surface area contributed by atoms with Crippen LogP contribution in [-0.4, -0.2) is 53.2 Å². The van der Waals surface area contributed by atoms with Crippen molar-refractivity contribution in [1.29, 1.82) is 0 Å². The Hall–Kier alpha value is -2.77. The molecule has 1 aliphatic rings. The number of aryl methyl sites for hydroxylation is 2. The molecule has 0 saturated carbocycles. The van der Waals surface area contributed by atoms with Crippen LogP contribution in [0, 0.1) is 13.8 Å². The summed E-state index contributed by atoms with van der Waals surface area (Å²) in [5.74, 6) is 3.99. The Balaban J connectivity index is 1.30. The smallest absolute Gasteiger partial charge is 0.324 e. The van der Waals surface area contributed by atoms with Gasteiger partial charge in [-0.25, -0.2) is 4.98 Å². The zero-order valence-corrected chi connectivity index (χ0v) is 20.9. The molecule has 1 atom stereocenters. The SMILES string of the molecule is CCOC(=O)C1CSCCN1Cc1ccc(OCCc2nc(-c3ccc(C)cc3)oc2C)cc1. The van der Waals surface area contributed by atoms with Crippen molar-refractivity contribution in [3.8, 4) is 17.2 Å². The molecule has 1 fully saturated rings. The van der Waals surface area contributed by atoms with Gasteiger partial charge in [0.15, 0.2) is 0 Å². The standard InChI is InChI=1S/C27H32N2O4S/c1-4-31-27(30)25-18-34-16-14-29(25)17-21-7-11-23(12-8-21)32-15-13-24-20(3)33-26(28-24)22-9-5-19(2)6-10-22/h5-12,25H,4,13-18H2,1-3H3. The van der Waals surface area contributed by atoms with Crippen LogP contribution in [0.1, 0.15) is 29.5 Å². The second kappa shape index (κ2) is 11.6. The maximum Gasteiger partial charge on any atom is 0.324 e. The van der Waals surface area contributed by atoms with Crippen LogP contribution in [-0.2, 0) is 22.5 Å². The van der Waals surface area contributed by atoms with Gasteiger partial charge < -0.3 is 13.9 Å². The van der Waals surface area contributed by atoms with Crippen molar-refractivity contribution in [2.45, 2.75) is 39.8 Å². The minimum atomic E-state index is -0.176. The van der Waals surface area contributed by atoms with Gasteiger partial charge in [-0.1, -0.05) is 29.8 Å². The predicted octanol–water partition coefficient (Wildman–Crippen LogP) is 5.06. The third-order valence-electron chi connectivity index (χ3n) is 5.91. The van der Waals surface area contributed by atoms with E-state index >= 15 is 0 Å². The quantitative estimate of drug-likeness (QED) is 0.397. The molecule has 0 radical (unpaired) electrons. The summed E-state index contributed by atoms with van der Waals surface area (Å²) in [7, 11) is 0. The first-order valence-corrected chi connectivity index (χ1v) is 12.9. The Bertz CT molecular complexity index is 1080. The maximum atomic E-state index is 12.3. The number of hydrogen-bond acceptors (Lipinski definition) is 7. The summed E-state index contributed by atoms with van der Waals surface area (Å²) < 4.78 is 17.1. The number of esters is 1. The third kappa shape index (κ3) is 6.21. The summed E-state index contributed by atoms with van der Waals surface area (Å²) in [6.07, 6.45) is 0.676. The maximum absolute atomic E-state index is 12.3. The van der Waals surface area contributed by atoms with E-state index in [-0.39, 0.29) is 12.0 Å². The largest absolute Gasteiger partial charge is 0.493 e. The topological polar surface area (TPSA) is 64.8 Å². The number of carbonyl (C=O) groups is 1. The summed E-state index contributed by atoms with van der Waals surface area (Å²) in [6, 6.07) is 16.1. The number of nitrogens with zero attached hydrogens (tertiary/aromatic N) is 2. The van der Waals surface area contributed by atoms with Crippen molar-refractivity contribution in [3.05, 3.63) is 71.1 Å². The molecule has 3 aromatic rings. The molecule has 0 amide bonds. The molecule has 180 valence electrons. The zero-order chi connectivity index (χ0) is 23.9. The van der Waals surface area contributed by atoms with Gasteiger partial charge in [-0.3, -0.25) is 9.69 Å².